The van der Waals surface area contributed by atoms with Crippen molar-refractivity contribution in [2.45, 2.75) is 44.3 Å². The summed E-state index contributed by atoms with van der Waals surface area (Å²) in [6.07, 6.45) is -5.59. The third kappa shape index (κ3) is 5.45. The molecule has 5 amide bonds. The Balaban J connectivity index is 1.39. The molecule has 1 fully saturated rings. The number of halogens is 3. The number of alkyl halides is 3. The van der Waals surface area contributed by atoms with E-state index in [0.29, 0.717) is 12.0 Å². The summed E-state index contributed by atoms with van der Waals surface area (Å²) in [4.78, 5) is 61.8. The van der Waals surface area contributed by atoms with Gasteiger partial charge in [0.05, 0.1) is 17.5 Å². The number of nitrogens with one attached hydrogen (secondary N) is 2. The minimum atomic E-state index is -4.37. The van der Waals surface area contributed by atoms with Gasteiger partial charge in [-0.1, -0.05) is 30.3 Å². The summed E-state index contributed by atoms with van der Waals surface area (Å²) in [5.41, 5.74) is 2.65. The molecule has 8 nitrogen and oxygen atoms in total. The molecule has 1 saturated heterocycles. The molecule has 0 bridgehead atoms. The van der Waals surface area contributed by atoms with Crippen LogP contribution in [0.1, 0.15) is 52.0 Å². The van der Waals surface area contributed by atoms with Crippen LogP contribution < -0.4 is 10.6 Å². The molecule has 0 aromatic heterocycles. The van der Waals surface area contributed by atoms with Crippen LogP contribution >= 0.6 is 0 Å². The summed E-state index contributed by atoms with van der Waals surface area (Å²) in [7, 11) is 0. The lowest BCUT2D eigenvalue weighted by Crippen LogP contribution is -2.54. The predicted octanol–water partition coefficient (Wildman–Crippen LogP) is 2.76. The van der Waals surface area contributed by atoms with Crippen molar-refractivity contribution in [3.05, 3.63) is 59.2 Å². The molecule has 4 rings (SSSR count). The molecule has 0 aliphatic carbocycles. The number of imide groups is 2. The zero-order valence-corrected chi connectivity index (χ0v) is 19.0. The molecule has 2 N–H and O–H groups in total. The number of piperidine rings is 1. The van der Waals surface area contributed by atoms with E-state index in [1.165, 1.54) is 6.07 Å². The smallest absolute Gasteiger partial charge is 0.356 e. The Hall–Kier alpha value is -4.02. The summed E-state index contributed by atoms with van der Waals surface area (Å²) in [5, 5.41) is 4.62. The molecular formula is C25H22F3N3O5. The van der Waals surface area contributed by atoms with Gasteiger partial charge in [0.1, 0.15) is 6.04 Å². The first-order valence-corrected chi connectivity index (χ1v) is 11.3. The van der Waals surface area contributed by atoms with E-state index < -0.39 is 54.6 Å². The maximum absolute atomic E-state index is 13.0. The number of nitrogens with zero attached hydrogens (tertiary/aromatic N) is 1. The molecule has 2 aliphatic heterocycles. The first-order chi connectivity index (χ1) is 17.0. The number of fused-ring (bicyclic) bond motifs is 1. The van der Waals surface area contributed by atoms with E-state index in [1.54, 1.807) is 36.4 Å². The second kappa shape index (κ2) is 9.92. The normalized spacial score (nSPS) is 17.8. The lowest BCUT2D eigenvalue weighted by molar-refractivity contribution is -0.144. The van der Waals surface area contributed by atoms with E-state index in [-0.39, 0.29) is 30.5 Å². The molecule has 11 heteroatoms. The summed E-state index contributed by atoms with van der Waals surface area (Å²) < 4.78 is 36.5. The fraction of sp³-hybridized carbons (Fsp3) is 0.320. The first kappa shape index (κ1) is 25.1. The third-order valence-electron chi connectivity index (χ3n) is 6.10. The van der Waals surface area contributed by atoms with Crippen molar-refractivity contribution in [2.24, 2.45) is 0 Å². The van der Waals surface area contributed by atoms with Gasteiger partial charge in [0.15, 0.2) is 0 Å². The fourth-order valence-electron chi connectivity index (χ4n) is 4.20. The molecule has 0 saturated carbocycles. The standard InChI is InChI=1S/C25H22F3N3O5/c26-25(27,28)11-9-20(32)29-12-10-14-1-3-15(4-2-14)16-5-6-17-18(13-16)24(36)31(23(17)35)19-7-8-21(33)30-22(19)34/h1-6,13,19H,7-12H2,(H,29,32)(H,30,33,34). The Morgan fingerprint density at radius 2 is 1.64 bits per heavy atom. The molecule has 36 heavy (non-hydrogen) atoms. The second-order valence-electron chi connectivity index (χ2n) is 8.62. The average Bonchev–Trinajstić information content (AvgIpc) is 3.07. The Kier molecular flexibility index (Phi) is 6.91. The van der Waals surface area contributed by atoms with Gasteiger partial charge in [0.25, 0.3) is 11.8 Å². The zero-order valence-electron chi connectivity index (χ0n) is 19.0. The number of benzene rings is 2. The monoisotopic (exact) mass is 501 g/mol. The Bertz CT molecular complexity index is 1240. The SMILES string of the molecule is O=C(CCC(F)(F)F)NCCc1ccc(-c2ccc3c(c2)C(=O)N(C2CCC(=O)NC2=O)C3=O)cc1. The van der Waals surface area contributed by atoms with Crippen LogP contribution in [0.25, 0.3) is 11.1 Å². The van der Waals surface area contributed by atoms with Gasteiger partial charge >= 0.3 is 6.18 Å². The van der Waals surface area contributed by atoms with Gasteiger partial charge in [-0.15, -0.1) is 0 Å². The molecular weight excluding hydrogens is 479 g/mol. The molecule has 2 heterocycles. The van der Waals surface area contributed by atoms with Gasteiger partial charge < -0.3 is 5.32 Å². The maximum Gasteiger partial charge on any atom is 0.389 e. The van der Waals surface area contributed by atoms with Crippen LogP contribution in [0.5, 0.6) is 0 Å². The summed E-state index contributed by atoms with van der Waals surface area (Å²) in [6.45, 7) is 0.196. The Morgan fingerprint density at radius 3 is 2.31 bits per heavy atom. The van der Waals surface area contributed by atoms with E-state index in [2.05, 4.69) is 10.6 Å². The number of amides is 5. The lowest BCUT2D eigenvalue weighted by atomic mass is 9.99. The van der Waals surface area contributed by atoms with E-state index in [1.807, 2.05) is 0 Å². The largest absolute Gasteiger partial charge is 0.389 e. The third-order valence-corrected chi connectivity index (χ3v) is 6.10. The fourth-order valence-corrected chi connectivity index (χ4v) is 4.20. The lowest BCUT2D eigenvalue weighted by Gasteiger charge is -2.27. The van der Waals surface area contributed by atoms with Crippen molar-refractivity contribution in [1.82, 2.24) is 15.5 Å². The van der Waals surface area contributed by atoms with Crippen LogP contribution in [-0.4, -0.2) is 53.2 Å². The molecule has 0 radical (unpaired) electrons. The first-order valence-electron chi connectivity index (χ1n) is 11.3. The summed E-state index contributed by atoms with van der Waals surface area (Å²) in [5.74, 6) is -2.95. The number of hydrogen-bond donors (Lipinski definition) is 2. The molecule has 2 aliphatic rings. The molecule has 0 spiro atoms. The van der Waals surface area contributed by atoms with Gasteiger partial charge in [-0.25, -0.2) is 0 Å². The molecule has 1 atom stereocenters. The second-order valence-corrected chi connectivity index (χ2v) is 8.62. The molecule has 2 aromatic rings. The van der Waals surface area contributed by atoms with Crippen molar-refractivity contribution in [1.29, 1.82) is 0 Å². The van der Waals surface area contributed by atoms with Crippen molar-refractivity contribution < 1.29 is 37.1 Å². The number of carbonyl (C=O) groups excluding carboxylic acids is 5. The highest BCUT2D eigenvalue weighted by Crippen LogP contribution is 2.31. The molecule has 1 unspecified atom stereocenters. The van der Waals surface area contributed by atoms with E-state index in [0.717, 1.165) is 16.0 Å². The van der Waals surface area contributed by atoms with Crippen molar-refractivity contribution in [2.75, 3.05) is 6.54 Å². The molecule has 2 aromatic carbocycles. The van der Waals surface area contributed by atoms with Gasteiger partial charge in [0, 0.05) is 19.4 Å². The van der Waals surface area contributed by atoms with Crippen LogP contribution in [0.15, 0.2) is 42.5 Å². The molecule has 188 valence electrons. The highest BCUT2D eigenvalue weighted by molar-refractivity contribution is 6.23. The minimum Gasteiger partial charge on any atom is -0.356 e. The van der Waals surface area contributed by atoms with Crippen LogP contribution in [0.4, 0.5) is 13.2 Å². The number of carbonyl (C=O) groups is 5. The van der Waals surface area contributed by atoms with E-state index >= 15 is 0 Å². The summed E-state index contributed by atoms with van der Waals surface area (Å²) in [6, 6.07) is 10.9. The predicted molar refractivity (Wildman–Crippen MR) is 121 cm³/mol. The van der Waals surface area contributed by atoms with Gasteiger partial charge in [-0.2, -0.15) is 13.2 Å². The topological polar surface area (TPSA) is 113 Å². The maximum atomic E-state index is 13.0. The average molecular weight is 501 g/mol. The highest BCUT2D eigenvalue weighted by atomic mass is 19.4. The minimum absolute atomic E-state index is 0.0403. The number of hydrogen-bond acceptors (Lipinski definition) is 5. The van der Waals surface area contributed by atoms with Crippen molar-refractivity contribution in [3.8, 4) is 11.1 Å². The zero-order chi connectivity index (χ0) is 26.0. The van der Waals surface area contributed by atoms with Gasteiger partial charge in [-0.3, -0.25) is 34.2 Å². The van der Waals surface area contributed by atoms with E-state index in [9.17, 15) is 37.1 Å². The van der Waals surface area contributed by atoms with Crippen LogP contribution in [0.3, 0.4) is 0 Å². The number of rotatable bonds is 7. The van der Waals surface area contributed by atoms with Gasteiger partial charge in [0.2, 0.25) is 17.7 Å². The van der Waals surface area contributed by atoms with Gasteiger partial charge in [-0.05, 0) is 41.7 Å². The quantitative estimate of drug-likeness (QED) is 0.567. The van der Waals surface area contributed by atoms with Crippen molar-refractivity contribution in [3.63, 3.8) is 0 Å². The highest BCUT2D eigenvalue weighted by Gasteiger charge is 2.44. The summed E-state index contributed by atoms with van der Waals surface area (Å²) >= 11 is 0. The van der Waals surface area contributed by atoms with Crippen molar-refractivity contribution >= 4 is 29.5 Å². The Labute approximate surface area is 203 Å². The van der Waals surface area contributed by atoms with Crippen LogP contribution in [-0.2, 0) is 20.8 Å². The van der Waals surface area contributed by atoms with Crippen LogP contribution in [0, 0.1) is 0 Å². The Morgan fingerprint density at radius 1 is 0.972 bits per heavy atom. The van der Waals surface area contributed by atoms with E-state index in [4.69, 9.17) is 0 Å². The van der Waals surface area contributed by atoms with Crippen LogP contribution in [0.2, 0.25) is 0 Å².